The Labute approximate surface area is 103 Å². The van der Waals surface area contributed by atoms with Crippen LogP contribution in [-0.2, 0) is 12.0 Å². The van der Waals surface area contributed by atoms with Gasteiger partial charge in [-0.1, -0.05) is 27.7 Å². The zero-order chi connectivity index (χ0) is 13.4. The lowest BCUT2D eigenvalue weighted by molar-refractivity contribution is 0.365. The number of hydrogen-bond acceptors (Lipinski definition) is 2. The number of nitrogen functional groups attached to an aromatic ring is 1. The highest BCUT2D eigenvalue weighted by molar-refractivity contribution is 5.45. The van der Waals surface area contributed by atoms with E-state index in [2.05, 4.69) is 32.4 Å². The van der Waals surface area contributed by atoms with Crippen LogP contribution in [-0.4, -0.2) is 9.36 Å². The lowest BCUT2D eigenvalue weighted by Gasteiger charge is -2.24. The molecule has 4 nitrogen and oxygen atoms in total. The van der Waals surface area contributed by atoms with Crippen molar-refractivity contribution in [3.05, 3.63) is 16.0 Å². The van der Waals surface area contributed by atoms with E-state index >= 15 is 0 Å². The molecule has 0 aliphatic carbocycles. The molecule has 0 atom stereocenters. The predicted octanol–water partition coefficient (Wildman–Crippen LogP) is 2.52. The van der Waals surface area contributed by atoms with Gasteiger partial charge >= 0.3 is 0 Å². The fourth-order valence-corrected chi connectivity index (χ4v) is 2.32. The average Bonchev–Trinajstić information content (AvgIpc) is 2.38. The smallest absolute Gasteiger partial charge is 0.290 e. The average molecular weight is 239 g/mol. The Kier molecular flexibility index (Phi) is 3.74. The number of nitrogens with two attached hydrogens (primary N) is 1. The molecule has 0 saturated carbocycles. The van der Waals surface area contributed by atoms with Gasteiger partial charge in [-0.25, -0.2) is 4.68 Å². The highest BCUT2D eigenvalue weighted by Gasteiger charge is 2.27. The van der Waals surface area contributed by atoms with Gasteiger partial charge in [0.05, 0.1) is 5.69 Å². The van der Waals surface area contributed by atoms with E-state index in [0.717, 1.165) is 18.7 Å². The van der Waals surface area contributed by atoms with Crippen molar-refractivity contribution < 1.29 is 0 Å². The summed E-state index contributed by atoms with van der Waals surface area (Å²) in [5.41, 5.74) is 7.19. The molecule has 2 N–H and O–H groups in total. The van der Waals surface area contributed by atoms with Crippen molar-refractivity contribution >= 4 is 5.69 Å². The second-order valence-electron chi connectivity index (χ2n) is 5.88. The molecule has 0 aliphatic rings. The Balaban J connectivity index is 3.59. The predicted molar refractivity (Wildman–Crippen MR) is 72.5 cm³/mol. The summed E-state index contributed by atoms with van der Waals surface area (Å²) in [6.45, 7) is 13.2. The van der Waals surface area contributed by atoms with Gasteiger partial charge in [-0.05, 0) is 20.3 Å². The van der Waals surface area contributed by atoms with Gasteiger partial charge in [0, 0.05) is 18.0 Å². The van der Waals surface area contributed by atoms with Gasteiger partial charge in [0.1, 0.15) is 5.69 Å². The number of nitrogens with zero attached hydrogens (tertiary/aromatic N) is 2. The van der Waals surface area contributed by atoms with Crippen molar-refractivity contribution in [3.8, 4) is 0 Å². The zero-order valence-electron chi connectivity index (χ0n) is 11.9. The number of aromatic nitrogens is 2. The molecular weight excluding hydrogens is 214 g/mol. The minimum absolute atomic E-state index is 0.0571. The zero-order valence-corrected chi connectivity index (χ0v) is 11.9. The molecule has 1 aromatic heterocycles. The monoisotopic (exact) mass is 239 g/mol. The maximum Gasteiger partial charge on any atom is 0.290 e. The molecule has 0 amide bonds. The number of hydrogen-bond donors (Lipinski definition) is 1. The van der Waals surface area contributed by atoms with Crippen LogP contribution in [0.3, 0.4) is 0 Å². The van der Waals surface area contributed by atoms with Gasteiger partial charge in [0.15, 0.2) is 0 Å². The van der Waals surface area contributed by atoms with E-state index < -0.39 is 0 Å². The maximum atomic E-state index is 12.2. The Morgan fingerprint density at radius 1 is 1.29 bits per heavy atom. The van der Waals surface area contributed by atoms with Crippen molar-refractivity contribution in [1.82, 2.24) is 9.36 Å². The van der Waals surface area contributed by atoms with Gasteiger partial charge in [0.2, 0.25) is 0 Å². The first-order valence-corrected chi connectivity index (χ1v) is 6.33. The van der Waals surface area contributed by atoms with Crippen LogP contribution in [0, 0.1) is 0 Å². The van der Waals surface area contributed by atoms with Crippen molar-refractivity contribution in [2.45, 2.75) is 66.0 Å². The molecule has 1 aromatic rings. The van der Waals surface area contributed by atoms with Crippen LogP contribution < -0.4 is 11.3 Å². The van der Waals surface area contributed by atoms with E-state index in [1.165, 1.54) is 0 Å². The summed E-state index contributed by atoms with van der Waals surface area (Å²) >= 11 is 0. The quantitative estimate of drug-likeness (QED) is 0.881. The van der Waals surface area contributed by atoms with Gasteiger partial charge in [-0.3, -0.25) is 9.48 Å². The van der Waals surface area contributed by atoms with Gasteiger partial charge in [-0.15, -0.1) is 0 Å². The van der Waals surface area contributed by atoms with Crippen LogP contribution >= 0.6 is 0 Å². The molecule has 0 unspecified atom stereocenters. The molecule has 17 heavy (non-hydrogen) atoms. The van der Waals surface area contributed by atoms with Crippen molar-refractivity contribution in [3.63, 3.8) is 0 Å². The first-order valence-electron chi connectivity index (χ1n) is 6.33. The van der Waals surface area contributed by atoms with Gasteiger partial charge < -0.3 is 5.73 Å². The Morgan fingerprint density at radius 2 is 1.82 bits per heavy atom. The van der Waals surface area contributed by atoms with Crippen LogP contribution in [0.25, 0.3) is 0 Å². The summed E-state index contributed by atoms with van der Waals surface area (Å²) < 4.78 is 3.84. The van der Waals surface area contributed by atoms with E-state index in [-0.39, 0.29) is 17.0 Å². The highest BCUT2D eigenvalue weighted by atomic mass is 16.1. The van der Waals surface area contributed by atoms with Gasteiger partial charge in [0.25, 0.3) is 5.56 Å². The van der Waals surface area contributed by atoms with Crippen molar-refractivity contribution in [2.75, 3.05) is 5.73 Å². The van der Waals surface area contributed by atoms with Gasteiger partial charge in [-0.2, -0.15) is 0 Å². The molecule has 0 radical (unpaired) electrons. The summed E-state index contributed by atoms with van der Waals surface area (Å²) in [5, 5.41) is 0. The van der Waals surface area contributed by atoms with Crippen LogP contribution in [0.15, 0.2) is 4.79 Å². The molecule has 98 valence electrons. The molecule has 0 aromatic carbocycles. The topological polar surface area (TPSA) is 52.9 Å². The van der Waals surface area contributed by atoms with Crippen molar-refractivity contribution in [2.24, 2.45) is 0 Å². The normalized spacial score (nSPS) is 12.4. The van der Waals surface area contributed by atoms with E-state index in [0.29, 0.717) is 5.69 Å². The summed E-state index contributed by atoms with van der Waals surface area (Å²) in [5.74, 6) is 0. The first kappa shape index (κ1) is 13.9. The minimum Gasteiger partial charge on any atom is -0.393 e. The molecular formula is C13H25N3O. The lowest BCUT2D eigenvalue weighted by atomic mass is 9.91. The summed E-state index contributed by atoms with van der Waals surface area (Å²) in [6, 6.07) is 0.132. The number of anilines is 1. The van der Waals surface area contributed by atoms with Crippen LogP contribution in [0.1, 0.15) is 59.7 Å². The molecule has 0 bridgehead atoms. The van der Waals surface area contributed by atoms with E-state index in [9.17, 15) is 4.79 Å². The largest absolute Gasteiger partial charge is 0.393 e. The number of rotatable bonds is 3. The highest BCUT2D eigenvalue weighted by Crippen LogP contribution is 2.27. The molecule has 0 aliphatic heterocycles. The van der Waals surface area contributed by atoms with E-state index in [1.807, 2.05) is 13.8 Å². The third-order valence-electron chi connectivity index (χ3n) is 2.85. The Hall–Kier alpha value is -1.19. The molecule has 0 fully saturated rings. The van der Waals surface area contributed by atoms with Crippen molar-refractivity contribution in [1.29, 1.82) is 0 Å². The molecule has 0 saturated heterocycles. The summed E-state index contributed by atoms with van der Waals surface area (Å²) in [6.07, 6.45) is 0.989. The van der Waals surface area contributed by atoms with Crippen LogP contribution in [0.5, 0.6) is 0 Å². The molecule has 0 spiro atoms. The SMILES string of the molecule is CCCn1c(C(C)(C)C)c(N)c(=O)n1C(C)C. The molecule has 4 heteroatoms. The standard InChI is InChI=1S/C13H25N3O/c1-7-8-15-11(13(4,5)6)10(14)12(17)16(15)9(2)3/h9H,7-8,14H2,1-6H3. The lowest BCUT2D eigenvalue weighted by Crippen LogP contribution is -2.27. The third-order valence-corrected chi connectivity index (χ3v) is 2.85. The fraction of sp³-hybridized carbons (Fsp3) is 0.769. The fourth-order valence-electron chi connectivity index (χ4n) is 2.32. The van der Waals surface area contributed by atoms with Crippen LogP contribution in [0.4, 0.5) is 5.69 Å². The molecule has 1 heterocycles. The summed E-state index contributed by atoms with van der Waals surface area (Å²) in [4.78, 5) is 12.2. The minimum atomic E-state index is -0.113. The second kappa shape index (κ2) is 4.59. The Bertz CT molecular complexity index is 446. The third kappa shape index (κ3) is 2.40. The Morgan fingerprint density at radius 3 is 2.18 bits per heavy atom. The van der Waals surface area contributed by atoms with E-state index in [4.69, 9.17) is 5.73 Å². The van der Waals surface area contributed by atoms with E-state index in [1.54, 1.807) is 4.68 Å². The first-order chi connectivity index (χ1) is 7.71. The van der Waals surface area contributed by atoms with Crippen LogP contribution in [0.2, 0.25) is 0 Å². The second-order valence-corrected chi connectivity index (χ2v) is 5.88. The maximum absolute atomic E-state index is 12.2. The summed E-state index contributed by atoms with van der Waals surface area (Å²) in [7, 11) is 0. The molecule has 1 rings (SSSR count).